The lowest BCUT2D eigenvalue weighted by Gasteiger charge is -2.15. The van der Waals surface area contributed by atoms with Crippen LogP contribution in [-0.4, -0.2) is 44.1 Å². The maximum Gasteiger partial charge on any atom is 0.310 e. The summed E-state index contributed by atoms with van der Waals surface area (Å²) in [6.07, 6.45) is 2.28. The van der Waals surface area contributed by atoms with Crippen LogP contribution < -0.4 is 19.7 Å². The SMILES string of the molecule is O=C(COC(=O)Cc1ccc(N2CCCC2=O)cc1)Nc1ccc2c(c1)OCCCO2. The Morgan fingerprint density at radius 1 is 1.00 bits per heavy atom. The van der Waals surface area contributed by atoms with Crippen molar-refractivity contribution >= 4 is 29.2 Å². The van der Waals surface area contributed by atoms with Crippen molar-refractivity contribution in [3.05, 3.63) is 48.0 Å². The van der Waals surface area contributed by atoms with E-state index in [2.05, 4.69) is 5.32 Å². The third-order valence-electron chi connectivity index (χ3n) is 5.07. The van der Waals surface area contributed by atoms with E-state index in [1.54, 1.807) is 35.2 Å². The molecule has 2 aromatic rings. The third kappa shape index (κ3) is 5.33. The topological polar surface area (TPSA) is 94.2 Å². The molecule has 0 radical (unpaired) electrons. The number of hydrogen-bond donors (Lipinski definition) is 1. The van der Waals surface area contributed by atoms with E-state index in [0.717, 1.165) is 30.6 Å². The summed E-state index contributed by atoms with van der Waals surface area (Å²) >= 11 is 0. The monoisotopic (exact) mass is 424 g/mol. The maximum absolute atomic E-state index is 12.1. The molecule has 8 heteroatoms. The minimum Gasteiger partial charge on any atom is -0.490 e. The van der Waals surface area contributed by atoms with Crippen molar-refractivity contribution in [3.8, 4) is 11.5 Å². The number of ether oxygens (including phenoxy) is 3. The van der Waals surface area contributed by atoms with Gasteiger partial charge < -0.3 is 24.4 Å². The number of nitrogens with one attached hydrogen (secondary N) is 1. The Labute approximate surface area is 180 Å². The van der Waals surface area contributed by atoms with Gasteiger partial charge in [0.2, 0.25) is 5.91 Å². The number of anilines is 2. The highest BCUT2D eigenvalue weighted by atomic mass is 16.5. The Bertz CT molecular complexity index is 973. The summed E-state index contributed by atoms with van der Waals surface area (Å²) in [5, 5.41) is 2.69. The first-order valence-electron chi connectivity index (χ1n) is 10.3. The Morgan fingerprint density at radius 2 is 1.77 bits per heavy atom. The molecule has 0 saturated carbocycles. The number of carbonyl (C=O) groups is 3. The zero-order valence-corrected chi connectivity index (χ0v) is 17.1. The summed E-state index contributed by atoms with van der Waals surface area (Å²) < 4.78 is 16.2. The van der Waals surface area contributed by atoms with E-state index in [1.165, 1.54) is 0 Å². The molecule has 1 N–H and O–H groups in total. The van der Waals surface area contributed by atoms with E-state index in [4.69, 9.17) is 14.2 Å². The average Bonchev–Trinajstić information content (AvgIpc) is 3.05. The van der Waals surface area contributed by atoms with Gasteiger partial charge in [-0.25, -0.2) is 0 Å². The van der Waals surface area contributed by atoms with Gasteiger partial charge in [-0.3, -0.25) is 14.4 Å². The average molecular weight is 424 g/mol. The second-order valence-electron chi connectivity index (χ2n) is 7.41. The zero-order valence-electron chi connectivity index (χ0n) is 17.1. The van der Waals surface area contributed by atoms with Gasteiger partial charge in [-0.1, -0.05) is 12.1 Å². The molecule has 0 aromatic heterocycles. The van der Waals surface area contributed by atoms with Gasteiger partial charge in [0.15, 0.2) is 18.1 Å². The number of hydrogen-bond acceptors (Lipinski definition) is 6. The summed E-state index contributed by atoms with van der Waals surface area (Å²) in [5.74, 6) is 0.393. The predicted molar refractivity (Wildman–Crippen MR) is 113 cm³/mol. The van der Waals surface area contributed by atoms with Crippen LogP contribution in [0.5, 0.6) is 11.5 Å². The Balaban J connectivity index is 1.24. The van der Waals surface area contributed by atoms with Crippen molar-refractivity contribution < 1.29 is 28.6 Å². The lowest BCUT2D eigenvalue weighted by atomic mass is 10.1. The summed E-state index contributed by atoms with van der Waals surface area (Å²) in [6, 6.07) is 12.4. The molecule has 162 valence electrons. The molecule has 2 heterocycles. The quantitative estimate of drug-likeness (QED) is 0.717. The number of carbonyl (C=O) groups excluding carboxylic acids is 3. The van der Waals surface area contributed by atoms with Crippen LogP contribution in [0.1, 0.15) is 24.8 Å². The first kappa shape index (κ1) is 20.7. The van der Waals surface area contributed by atoms with E-state index in [1.807, 2.05) is 12.1 Å². The Kier molecular flexibility index (Phi) is 6.35. The standard InChI is InChI=1S/C23H24N2O6/c26-21(24-17-6-9-19-20(14-17)30-12-2-11-29-19)15-31-23(28)13-16-4-7-18(8-5-16)25-10-1-3-22(25)27/h4-9,14H,1-3,10-13,15H2,(H,24,26). The first-order chi connectivity index (χ1) is 15.1. The van der Waals surface area contributed by atoms with Crippen LogP contribution in [0, 0.1) is 0 Å². The van der Waals surface area contributed by atoms with Gasteiger partial charge in [0.05, 0.1) is 19.6 Å². The molecule has 1 fully saturated rings. The minimum atomic E-state index is -0.501. The van der Waals surface area contributed by atoms with Gasteiger partial charge in [0.1, 0.15) is 0 Å². The van der Waals surface area contributed by atoms with Gasteiger partial charge in [-0.05, 0) is 36.2 Å². The lowest BCUT2D eigenvalue weighted by molar-refractivity contribution is -0.146. The lowest BCUT2D eigenvalue weighted by Crippen LogP contribution is -2.23. The molecule has 0 unspecified atom stereocenters. The van der Waals surface area contributed by atoms with Crippen molar-refractivity contribution in [3.63, 3.8) is 0 Å². The van der Waals surface area contributed by atoms with Crippen LogP contribution in [0.2, 0.25) is 0 Å². The summed E-state index contributed by atoms with van der Waals surface area (Å²) in [5.41, 5.74) is 2.12. The zero-order chi connectivity index (χ0) is 21.6. The van der Waals surface area contributed by atoms with Gasteiger partial charge in [-0.2, -0.15) is 0 Å². The van der Waals surface area contributed by atoms with Crippen LogP contribution in [0.3, 0.4) is 0 Å². The van der Waals surface area contributed by atoms with Crippen LogP contribution >= 0.6 is 0 Å². The fraction of sp³-hybridized carbons (Fsp3) is 0.348. The number of nitrogens with zero attached hydrogens (tertiary/aromatic N) is 1. The molecule has 2 aromatic carbocycles. The van der Waals surface area contributed by atoms with Gasteiger partial charge >= 0.3 is 5.97 Å². The molecule has 4 rings (SSSR count). The predicted octanol–water partition coefficient (Wildman–Crippen LogP) is 2.70. The smallest absolute Gasteiger partial charge is 0.310 e. The normalized spacial score (nSPS) is 15.4. The van der Waals surface area contributed by atoms with E-state index >= 15 is 0 Å². The van der Waals surface area contributed by atoms with Gasteiger partial charge in [0.25, 0.3) is 5.91 Å². The largest absolute Gasteiger partial charge is 0.490 e. The summed E-state index contributed by atoms with van der Waals surface area (Å²) in [6.45, 7) is 1.48. The molecule has 0 atom stereocenters. The molecule has 1 saturated heterocycles. The van der Waals surface area contributed by atoms with Gasteiger partial charge in [-0.15, -0.1) is 0 Å². The molecule has 2 amide bonds. The van der Waals surface area contributed by atoms with Crippen LogP contribution in [0.4, 0.5) is 11.4 Å². The van der Waals surface area contributed by atoms with Crippen LogP contribution in [-0.2, 0) is 25.5 Å². The number of benzene rings is 2. The molecular formula is C23H24N2O6. The Hall–Kier alpha value is -3.55. The second-order valence-corrected chi connectivity index (χ2v) is 7.41. The summed E-state index contributed by atoms with van der Waals surface area (Å²) in [4.78, 5) is 37.8. The van der Waals surface area contributed by atoms with E-state index in [9.17, 15) is 14.4 Å². The Morgan fingerprint density at radius 3 is 2.52 bits per heavy atom. The molecule has 0 aliphatic carbocycles. The van der Waals surface area contributed by atoms with Crippen molar-refractivity contribution in [2.75, 3.05) is 36.6 Å². The third-order valence-corrected chi connectivity index (χ3v) is 5.07. The van der Waals surface area contributed by atoms with E-state index < -0.39 is 11.9 Å². The van der Waals surface area contributed by atoms with Crippen molar-refractivity contribution in [2.24, 2.45) is 0 Å². The minimum absolute atomic E-state index is 0.0472. The number of rotatable bonds is 6. The maximum atomic E-state index is 12.1. The molecule has 2 aliphatic heterocycles. The van der Waals surface area contributed by atoms with E-state index in [0.29, 0.717) is 36.8 Å². The highest BCUT2D eigenvalue weighted by Crippen LogP contribution is 2.32. The fourth-order valence-corrected chi connectivity index (χ4v) is 3.52. The van der Waals surface area contributed by atoms with Crippen LogP contribution in [0.25, 0.3) is 0 Å². The number of amides is 2. The molecule has 31 heavy (non-hydrogen) atoms. The van der Waals surface area contributed by atoms with E-state index in [-0.39, 0.29) is 18.9 Å². The second kappa shape index (κ2) is 9.51. The van der Waals surface area contributed by atoms with Crippen LogP contribution in [0.15, 0.2) is 42.5 Å². The fourth-order valence-electron chi connectivity index (χ4n) is 3.52. The highest BCUT2D eigenvalue weighted by Gasteiger charge is 2.21. The molecule has 0 bridgehead atoms. The van der Waals surface area contributed by atoms with Crippen molar-refractivity contribution in [1.82, 2.24) is 0 Å². The molecule has 8 nitrogen and oxygen atoms in total. The van der Waals surface area contributed by atoms with Gasteiger partial charge in [0, 0.05) is 36.8 Å². The molecule has 0 spiro atoms. The summed E-state index contributed by atoms with van der Waals surface area (Å²) in [7, 11) is 0. The first-order valence-corrected chi connectivity index (χ1v) is 10.3. The van der Waals surface area contributed by atoms with Crippen molar-refractivity contribution in [1.29, 1.82) is 0 Å². The number of esters is 1. The number of fused-ring (bicyclic) bond motifs is 1. The van der Waals surface area contributed by atoms with Crippen molar-refractivity contribution in [2.45, 2.75) is 25.7 Å². The highest BCUT2D eigenvalue weighted by molar-refractivity contribution is 5.95. The molecular weight excluding hydrogens is 400 g/mol. The molecule has 2 aliphatic rings.